The number of fused-ring (bicyclic) bond motifs is 1. The predicted octanol–water partition coefficient (Wildman–Crippen LogP) is 3.95. The number of halogens is 1. The number of hydrogen-bond donors (Lipinski definition) is 2. The second-order valence-corrected chi connectivity index (χ2v) is 7.91. The lowest BCUT2D eigenvalue weighted by atomic mass is 10.0. The number of carbonyl (C=O) groups excluding carboxylic acids is 1. The molecule has 1 aromatic heterocycles. The zero-order chi connectivity index (χ0) is 19.0. The summed E-state index contributed by atoms with van der Waals surface area (Å²) in [5, 5.41) is 12.1. The number of aryl methyl sites for hydroxylation is 2. The molecule has 6 nitrogen and oxygen atoms in total. The Bertz CT molecular complexity index is 991. The fourth-order valence-corrected chi connectivity index (χ4v) is 4.30. The molecular weight excluding hydrogens is 382 g/mol. The highest BCUT2D eigenvalue weighted by Gasteiger charge is 2.37. The molecule has 8 heteroatoms. The number of benzene rings is 2. The minimum absolute atomic E-state index is 0.112. The van der Waals surface area contributed by atoms with Crippen molar-refractivity contribution < 1.29 is 4.79 Å². The Balaban J connectivity index is 1.67. The number of rotatable bonds is 3. The third-order valence-electron chi connectivity index (χ3n) is 4.47. The highest BCUT2D eigenvalue weighted by atomic mass is 35.5. The van der Waals surface area contributed by atoms with E-state index in [-0.39, 0.29) is 11.9 Å². The van der Waals surface area contributed by atoms with E-state index < -0.39 is 5.25 Å². The number of nitrogens with one attached hydrogen (secondary N) is 2. The summed E-state index contributed by atoms with van der Waals surface area (Å²) in [6.07, 6.45) is 0. The molecule has 1 aliphatic heterocycles. The normalized spacial score (nSPS) is 18.5. The molecule has 2 N–H and O–H groups in total. The van der Waals surface area contributed by atoms with Gasteiger partial charge in [0, 0.05) is 10.7 Å². The molecule has 27 heavy (non-hydrogen) atoms. The van der Waals surface area contributed by atoms with Crippen molar-refractivity contribution in [2.24, 2.45) is 0 Å². The molecule has 2 aromatic carbocycles. The van der Waals surface area contributed by atoms with Crippen LogP contribution < -0.4 is 10.7 Å². The zero-order valence-corrected chi connectivity index (χ0v) is 16.4. The van der Waals surface area contributed by atoms with Gasteiger partial charge in [-0.25, -0.2) is 4.68 Å². The number of hydrogen-bond acceptors (Lipinski definition) is 5. The van der Waals surface area contributed by atoms with Gasteiger partial charge in [0.2, 0.25) is 11.1 Å². The standard InChI is InChI=1S/C19H18ClN5OS/c1-11-8-9-14(20)10-15(11)21-18(26)17-16(13-6-4-3-5-7-13)24-25-12(2)22-23-19(25)27-17/h3-10,16-17,24H,1-2H3,(H,21,26)/t16-,17-/m0/s1. The molecule has 0 saturated carbocycles. The summed E-state index contributed by atoms with van der Waals surface area (Å²) >= 11 is 7.49. The van der Waals surface area contributed by atoms with Crippen molar-refractivity contribution in [2.45, 2.75) is 30.3 Å². The van der Waals surface area contributed by atoms with Crippen LogP contribution in [-0.2, 0) is 4.79 Å². The van der Waals surface area contributed by atoms with E-state index in [0.29, 0.717) is 15.9 Å². The smallest absolute Gasteiger partial charge is 0.240 e. The Morgan fingerprint density at radius 3 is 2.74 bits per heavy atom. The number of aromatic nitrogens is 3. The molecule has 1 amide bonds. The molecule has 0 bridgehead atoms. The third kappa shape index (κ3) is 3.52. The van der Waals surface area contributed by atoms with Gasteiger partial charge < -0.3 is 10.7 Å². The fourth-order valence-electron chi connectivity index (χ4n) is 3.00. The Hall–Kier alpha value is -2.51. The first-order valence-electron chi connectivity index (χ1n) is 8.50. The maximum absolute atomic E-state index is 13.2. The van der Waals surface area contributed by atoms with Crippen molar-refractivity contribution in [1.29, 1.82) is 0 Å². The predicted molar refractivity (Wildman–Crippen MR) is 108 cm³/mol. The highest BCUT2D eigenvalue weighted by molar-refractivity contribution is 8.00. The van der Waals surface area contributed by atoms with Gasteiger partial charge in [0.25, 0.3) is 0 Å². The van der Waals surface area contributed by atoms with E-state index in [9.17, 15) is 4.79 Å². The molecule has 4 rings (SSSR count). The summed E-state index contributed by atoms with van der Waals surface area (Å²) in [6.45, 7) is 3.81. The third-order valence-corrected chi connectivity index (χ3v) is 5.92. The average molecular weight is 400 g/mol. The SMILES string of the molecule is Cc1ccc(Cl)cc1NC(=O)[C@H]1Sc2nnc(C)n2N[C@H]1c1ccccc1. The van der Waals surface area contributed by atoms with Crippen LogP contribution >= 0.6 is 23.4 Å². The summed E-state index contributed by atoms with van der Waals surface area (Å²) in [6, 6.07) is 15.1. The van der Waals surface area contributed by atoms with Gasteiger partial charge in [0.15, 0.2) is 0 Å². The minimum atomic E-state index is -0.415. The van der Waals surface area contributed by atoms with Crippen molar-refractivity contribution in [3.05, 3.63) is 70.5 Å². The van der Waals surface area contributed by atoms with E-state index in [0.717, 1.165) is 17.0 Å². The van der Waals surface area contributed by atoms with Crippen molar-refractivity contribution >= 4 is 35.0 Å². The summed E-state index contributed by atoms with van der Waals surface area (Å²) in [5.74, 6) is 0.640. The van der Waals surface area contributed by atoms with Gasteiger partial charge in [-0.3, -0.25) is 4.79 Å². The molecular formula is C19H18ClN5OS. The summed E-state index contributed by atoms with van der Waals surface area (Å²) < 4.78 is 1.83. The summed E-state index contributed by atoms with van der Waals surface area (Å²) in [7, 11) is 0. The number of nitrogens with zero attached hydrogens (tertiary/aromatic N) is 3. The molecule has 0 saturated heterocycles. The van der Waals surface area contributed by atoms with Gasteiger partial charge >= 0.3 is 0 Å². The molecule has 0 unspecified atom stereocenters. The largest absolute Gasteiger partial charge is 0.325 e. The molecule has 2 heterocycles. The first kappa shape index (κ1) is 17.9. The summed E-state index contributed by atoms with van der Waals surface area (Å²) in [4.78, 5) is 13.2. The maximum Gasteiger partial charge on any atom is 0.240 e. The lowest BCUT2D eigenvalue weighted by Gasteiger charge is -2.32. The van der Waals surface area contributed by atoms with Gasteiger partial charge in [-0.15, -0.1) is 10.2 Å². The molecule has 0 fully saturated rings. The number of amides is 1. The van der Waals surface area contributed by atoms with Gasteiger partial charge in [0.1, 0.15) is 11.1 Å². The number of carbonyl (C=O) groups is 1. The second kappa shape index (κ2) is 7.25. The van der Waals surface area contributed by atoms with Crippen LogP contribution in [0.2, 0.25) is 5.02 Å². The van der Waals surface area contributed by atoms with Crippen LogP contribution in [-0.4, -0.2) is 26.0 Å². The maximum atomic E-state index is 13.2. The lowest BCUT2D eigenvalue weighted by Crippen LogP contribution is -2.41. The monoisotopic (exact) mass is 399 g/mol. The lowest BCUT2D eigenvalue weighted by molar-refractivity contribution is -0.116. The van der Waals surface area contributed by atoms with Gasteiger partial charge in [-0.1, -0.05) is 59.8 Å². The van der Waals surface area contributed by atoms with Crippen molar-refractivity contribution in [1.82, 2.24) is 14.9 Å². The minimum Gasteiger partial charge on any atom is -0.325 e. The molecule has 3 aromatic rings. The quantitative estimate of drug-likeness (QED) is 0.697. The van der Waals surface area contributed by atoms with Gasteiger partial charge in [-0.2, -0.15) is 0 Å². The first-order valence-corrected chi connectivity index (χ1v) is 9.76. The average Bonchev–Trinajstić information content (AvgIpc) is 3.04. The van der Waals surface area contributed by atoms with Crippen LogP contribution in [0.5, 0.6) is 0 Å². The van der Waals surface area contributed by atoms with Crippen molar-refractivity contribution in [2.75, 3.05) is 10.7 Å². The van der Waals surface area contributed by atoms with E-state index in [4.69, 9.17) is 11.6 Å². The highest BCUT2D eigenvalue weighted by Crippen LogP contribution is 2.37. The molecule has 138 valence electrons. The van der Waals surface area contributed by atoms with Gasteiger partial charge in [-0.05, 0) is 37.1 Å². The fraction of sp³-hybridized carbons (Fsp3) is 0.211. The number of thioether (sulfide) groups is 1. The first-order chi connectivity index (χ1) is 13.0. The molecule has 2 atom stereocenters. The van der Waals surface area contributed by atoms with E-state index in [2.05, 4.69) is 20.9 Å². The molecule has 0 spiro atoms. The van der Waals surface area contributed by atoms with Crippen LogP contribution in [0.3, 0.4) is 0 Å². The Kier molecular flexibility index (Phi) is 4.80. The summed E-state index contributed by atoms with van der Waals surface area (Å²) in [5.41, 5.74) is 6.07. The van der Waals surface area contributed by atoms with E-state index in [1.165, 1.54) is 11.8 Å². The van der Waals surface area contributed by atoms with E-state index >= 15 is 0 Å². The van der Waals surface area contributed by atoms with Crippen LogP contribution in [0.15, 0.2) is 53.7 Å². The van der Waals surface area contributed by atoms with Crippen LogP contribution in [0.4, 0.5) is 5.69 Å². The van der Waals surface area contributed by atoms with E-state index in [1.807, 2.05) is 61.0 Å². The molecule has 0 radical (unpaired) electrons. The second-order valence-electron chi connectivity index (χ2n) is 6.37. The van der Waals surface area contributed by atoms with E-state index in [1.54, 1.807) is 6.07 Å². The molecule has 0 aliphatic carbocycles. The van der Waals surface area contributed by atoms with Crippen molar-refractivity contribution in [3.8, 4) is 0 Å². The van der Waals surface area contributed by atoms with Crippen LogP contribution in [0, 0.1) is 13.8 Å². The number of anilines is 1. The Labute approximate surface area is 166 Å². The molecule has 1 aliphatic rings. The van der Waals surface area contributed by atoms with Gasteiger partial charge in [0.05, 0.1) is 6.04 Å². The van der Waals surface area contributed by atoms with Crippen LogP contribution in [0.25, 0.3) is 0 Å². The van der Waals surface area contributed by atoms with Crippen LogP contribution in [0.1, 0.15) is 23.0 Å². The Morgan fingerprint density at radius 2 is 1.96 bits per heavy atom. The Morgan fingerprint density at radius 1 is 1.19 bits per heavy atom. The van der Waals surface area contributed by atoms with Crippen molar-refractivity contribution in [3.63, 3.8) is 0 Å². The zero-order valence-electron chi connectivity index (χ0n) is 14.8. The topological polar surface area (TPSA) is 71.8 Å².